The van der Waals surface area contributed by atoms with Crippen LogP contribution in [0.25, 0.3) is 0 Å². The normalized spacial score (nSPS) is 25.0. The van der Waals surface area contributed by atoms with Gasteiger partial charge in [0.15, 0.2) is 22.3 Å². The van der Waals surface area contributed by atoms with Crippen LogP contribution >= 0.6 is 11.3 Å². The van der Waals surface area contributed by atoms with Crippen molar-refractivity contribution in [2.24, 2.45) is 5.16 Å². The topological polar surface area (TPSA) is 307 Å². The van der Waals surface area contributed by atoms with E-state index in [1.54, 1.807) is 0 Å². The van der Waals surface area contributed by atoms with Crippen LogP contribution < -0.4 is 11.1 Å². The van der Waals surface area contributed by atoms with Gasteiger partial charge in [-0.2, -0.15) is 5.06 Å². The number of fused-ring (bicyclic) bond motifs is 1. The molecule has 0 bridgehead atoms. The zero-order valence-corrected chi connectivity index (χ0v) is 24.1. The molecule has 3 fully saturated rings. The van der Waals surface area contributed by atoms with Crippen molar-refractivity contribution in [3.8, 4) is 11.5 Å². The average molecular weight is 677 g/mol. The number of amides is 4. The van der Waals surface area contributed by atoms with Gasteiger partial charge in [0.2, 0.25) is 6.10 Å². The molecule has 3 atom stereocenters. The number of nitrogens with zero attached hydrogens (tertiary/aromatic N) is 4. The fourth-order valence-electron chi connectivity index (χ4n) is 5.07. The van der Waals surface area contributed by atoms with Crippen LogP contribution in [0.4, 0.5) is 5.13 Å². The van der Waals surface area contributed by atoms with Gasteiger partial charge in [0.1, 0.15) is 31.6 Å². The predicted molar refractivity (Wildman–Crippen MR) is 145 cm³/mol. The molecule has 22 heteroatoms. The summed E-state index contributed by atoms with van der Waals surface area (Å²) in [4.78, 5) is 106. The van der Waals surface area contributed by atoms with E-state index in [1.165, 1.54) is 5.38 Å². The van der Waals surface area contributed by atoms with Crippen molar-refractivity contribution in [1.82, 2.24) is 20.3 Å². The van der Waals surface area contributed by atoms with Crippen LogP contribution in [0, 0.1) is 0 Å². The molecule has 0 radical (unpaired) electrons. The Morgan fingerprint density at radius 3 is 2.21 bits per heavy atom. The molecule has 0 saturated carbocycles. The molecular formula is C25H20N6O15S. The molecule has 246 valence electrons. The Morgan fingerprint density at radius 1 is 1.09 bits per heavy atom. The maximum absolute atomic E-state index is 13.7. The van der Waals surface area contributed by atoms with Gasteiger partial charge in [-0.25, -0.2) is 24.3 Å². The highest BCUT2D eigenvalue weighted by molar-refractivity contribution is 7.13. The number of ether oxygens (including phenoxy) is 2. The van der Waals surface area contributed by atoms with Crippen LogP contribution in [-0.4, -0.2) is 126 Å². The van der Waals surface area contributed by atoms with Gasteiger partial charge >= 0.3 is 17.9 Å². The number of esters is 1. The number of anilines is 1. The van der Waals surface area contributed by atoms with Gasteiger partial charge in [0.05, 0.1) is 17.5 Å². The van der Waals surface area contributed by atoms with Crippen molar-refractivity contribution in [1.29, 1.82) is 0 Å². The number of benzene rings is 1. The number of carbonyl (C=O) groups is 7. The molecule has 2 unspecified atom stereocenters. The first-order chi connectivity index (χ1) is 22.2. The number of oxime groups is 1. The molecule has 6 rings (SSSR count). The van der Waals surface area contributed by atoms with Gasteiger partial charge in [-0.05, 0) is 12.1 Å². The third-order valence-corrected chi connectivity index (χ3v) is 8.21. The lowest BCUT2D eigenvalue weighted by Gasteiger charge is -2.38. The van der Waals surface area contributed by atoms with Crippen LogP contribution in [0.5, 0.6) is 11.5 Å². The standard InChI is InChI=1S/C25H20N6O15S/c26-23-28-11(5-47-23)15(29-46-24(21(40)41)6-43-7-24)16(34)27-10-4-44-31(19(10)37)25(3-14(20(38)39)45-22(25)42)30-17(35)8-1-12(32)13(33)2-9(8)18(30)36/h1-2,5,10,14,32-33H,3-4,6-7H2,(H2,26,28)(H,27,34)(H,38,39)(H,40,41)/b29-15-/t10?,14?,25-/m0/s1. The number of phenols is 2. The SMILES string of the molecule is Nc1nc(/C(=N/OC2(C(=O)O)COC2)C(=O)NC2CON([C@@]3(N4C(=O)c5cc(O)c(O)cc5C4=O)CC(C(=O)O)OC3=O)C2=O)cs1. The second kappa shape index (κ2) is 10.9. The number of aromatic hydroxyl groups is 2. The van der Waals surface area contributed by atoms with Crippen LogP contribution in [0.1, 0.15) is 32.8 Å². The molecule has 5 heterocycles. The number of hydrogen-bond acceptors (Lipinski definition) is 17. The Hall–Kier alpha value is -5.87. The van der Waals surface area contributed by atoms with Gasteiger partial charge in [0.25, 0.3) is 34.9 Å². The Morgan fingerprint density at radius 2 is 1.72 bits per heavy atom. The highest BCUT2D eigenvalue weighted by Crippen LogP contribution is 2.44. The lowest BCUT2D eigenvalue weighted by molar-refractivity contribution is -0.224. The van der Waals surface area contributed by atoms with E-state index in [2.05, 4.69) is 15.5 Å². The van der Waals surface area contributed by atoms with E-state index in [-0.39, 0.29) is 20.8 Å². The number of nitrogens with one attached hydrogen (secondary N) is 1. The molecule has 2 aromatic rings. The third kappa shape index (κ3) is 4.72. The third-order valence-electron chi connectivity index (χ3n) is 7.53. The number of hydrogen-bond donors (Lipinski definition) is 6. The largest absolute Gasteiger partial charge is 0.504 e. The Kier molecular flexibility index (Phi) is 7.21. The summed E-state index contributed by atoms with van der Waals surface area (Å²) in [6.45, 7) is -1.52. The molecule has 3 saturated heterocycles. The van der Waals surface area contributed by atoms with Crippen molar-refractivity contribution in [3.05, 3.63) is 34.3 Å². The van der Waals surface area contributed by atoms with Gasteiger partial charge in [-0.1, -0.05) is 5.16 Å². The highest BCUT2D eigenvalue weighted by atomic mass is 32.1. The van der Waals surface area contributed by atoms with E-state index >= 15 is 0 Å². The number of cyclic esters (lactones) is 1. The summed E-state index contributed by atoms with van der Waals surface area (Å²) < 4.78 is 9.80. The quantitative estimate of drug-likeness (QED) is 0.0520. The van der Waals surface area contributed by atoms with Gasteiger partial charge in [-0.3, -0.25) is 24.0 Å². The molecule has 47 heavy (non-hydrogen) atoms. The second-order valence-electron chi connectivity index (χ2n) is 10.4. The summed E-state index contributed by atoms with van der Waals surface area (Å²) >= 11 is 0.893. The molecule has 1 aromatic heterocycles. The molecule has 4 amide bonds. The van der Waals surface area contributed by atoms with Crippen molar-refractivity contribution in [3.63, 3.8) is 0 Å². The summed E-state index contributed by atoms with van der Waals surface area (Å²) in [6.07, 6.45) is -2.98. The molecule has 7 N–H and O–H groups in total. The smallest absolute Gasteiger partial charge is 0.357 e. The number of aliphatic carboxylic acids is 2. The molecular weight excluding hydrogens is 656 g/mol. The van der Waals surface area contributed by atoms with Crippen molar-refractivity contribution in [2.45, 2.75) is 29.8 Å². The van der Waals surface area contributed by atoms with E-state index in [0.717, 1.165) is 23.5 Å². The number of carboxylic acids is 2. The number of phenolic OH excluding ortho intramolecular Hbond substituents is 2. The number of nitrogens with two attached hydrogens (primary N) is 1. The van der Waals surface area contributed by atoms with Gasteiger partial charge < -0.3 is 45.8 Å². The monoisotopic (exact) mass is 676 g/mol. The lowest BCUT2D eigenvalue weighted by Crippen LogP contribution is -2.66. The van der Waals surface area contributed by atoms with E-state index in [4.69, 9.17) is 24.9 Å². The molecule has 0 spiro atoms. The first-order valence-corrected chi connectivity index (χ1v) is 14.0. The molecule has 4 aliphatic rings. The number of nitrogen functional groups attached to an aromatic ring is 1. The number of imide groups is 1. The zero-order chi connectivity index (χ0) is 34.0. The minimum Gasteiger partial charge on any atom is -0.504 e. The number of carboxylic acid groups (broad SMARTS) is 2. The van der Waals surface area contributed by atoms with Crippen LogP contribution in [-0.2, 0) is 43.1 Å². The van der Waals surface area contributed by atoms with Crippen LogP contribution in [0.15, 0.2) is 22.7 Å². The Labute approximate surface area is 263 Å². The molecule has 4 aliphatic heterocycles. The second-order valence-corrected chi connectivity index (χ2v) is 11.3. The summed E-state index contributed by atoms with van der Waals surface area (Å²) in [6, 6.07) is -0.204. The van der Waals surface area contributed by atoms with Gasteiger partial charge in [0, 0.05) is 5.38 Å². The fourth-order valence-corrected chi connectivity index (χ4v) is 5.61. The minimum absolute atomic E-state index is 0.0101. The maximum Gasteiger partial charge on any atom is 0.357 e. The predicted octanol–water partition coefficient (Wildman–Crippen LogP) is -2.64. The lowest BCUT2D eigenvalue weighted by atomic mass is 10.0. The number of hydroxylamine groups is 2. The Bertz CT molecular complexity index is 1780. The minimum atomic E-state index is -2.86. The Balaban J connectivity index is 1.31. The van der Waals surface area contributed by atoms with Crippen molar-refractivity contribution >= 4 is 63.7 Å². The highest BCUT2D eigenvalue weighted by Gasteiger charge is 2.68. The first kappa shape index (κ1) is 31.1. The number of rotatable bonds is 9. The van der Waals surface area contributed by atoms with E-state index in [1.807, 2.05) is 0 Å². The van der Waals surface area contributed by atoms with E-state index in [9.17, 15) is 54.0 Å². The summed E-state index contributed by atoms with van der Waals surface area (Å²) in [7, 11) is 0. The van der Waals surface area contributed by atoms with Crippen LogP contribution in [0.3, 0.4) is 0 Å². The maximum atomic E-state index is 13.7. The average Bonchev–Trinajstić information content (AvgIpc) is 3.72. The van der Waals surface area contributed by atoms with Crippen LogP contribution in [0.2, 0.25) is 0 Å². The molecule has 0 aliphatic carbocycles. The van der Waals surface area contributed by atoms with E-state index in [0.29, 0.717) is 0 Å². The van der Waals surface area contributed by atoms with Gasteiger partial charge in [-0.15, -0.1) is 11.3 Å². The number of aromatic nitrogens is 1. The number of thiazole rings is 1. The van der Waals surface area contributed by atoms with Crippen molar-refractivity contribution < 1.29 is 73.1 Å². The summed E-state index contributed by atoms with van der Waals surface area (Å²) in [5.74, 6) is -11.2. The summed E-state index contributed by atoms with van der Waals surface area (Å²) in [5, 5.41) is 46.3. The van der Waals surface area contributed by atoms with E-state index < -0.39 is 120 Å². The molecule has 21 nitrogen and oxygen atoms in total. The zero-order valence-electron chi connectivity index (χ0n) is 23.3. The number of carbonyl (C=O) groups excluding carboxylic acids is 5. The van der Waals surface area contributed by atoms with Crippen molar-refractivity contribution in [2.75, 3.05) is 25.6 Å². The summed E-state index contributed by atoms with van der Waals surface area (Å²) in [5.41, 5.74) is -0.900. The fraction of sp³-hybridized carbons (Fsp3) is 0.320. The molecule has 1 aromatic carbocycles. The first-order valence-electron chi connectivity index (χ1n) is 13.2.